The molecule has 1 saturated heterocycles. The van der Waals surface area contributed by atoms with Gasteiger partial charge in [0, 0.05) is 6.54 Å². The summed E-state index contributed by atoms with van der Waals surface area (Å²) in [5.74, 6) is 0.148. The highest BCUT2D eigenvalue weighted by molar-refractivity contribution is 7.99. The van der Waals surface area contributed by atoms with E-state index in [1.54, 1.807) is 13.0 Å². The van der Waals surface area contributed by atoms with Crippen molar-refractivity contribution in [3.8, 4) is 0 Å². The van der Waals surface area contributed by atoms with Crippen LogP contribution in [0.25, 0.3) is 11.0 Å². The minimum Gasteiger partial charge on any atom is -0.349 e. The van der Waals surface area contributed by atoms with E-state index in [1.165, 1.54) is 11.8 Å². The number of carbonyl (C=O) groups is 1. The number of aromatic nitrogens is 2. The first kappa shape index (κ1) is 18.0. The summed E-state index contributed by atoms with van der Waals surface area (Å²) in [7, 11) is -3.05. The molecule has 1 amide bonds. The van der Waals surface area contributed by atoms with E-state index in [0.717, 1.165) is 16.2 Å². The molecule has 1 aromatic carbocycles. The molecule has 0 spiro atoms. The number of imidazole rings is 1. The Kier molecular flexibility index (Phi) is 4.92. The summed E-state index contributed by atoms with van der Waals surface area (Å²) in [6.45, 7) is 6.17. The van der Waals surface area contributed by atoms with E-state index in [0.29, 0.717) is 13.0 Å². The van der Waals surface area contributed by atoms with Crippen molar-refractivity contribution in [3.63, 3.8) is 0 Å². The van der Waals surface area contributed by atoms with Crippen LogP contribution in [-0.4, -0.2) is 46.7 Å². The number of rotatable bonds is 6. The number of thioether (sulfide) groups is 1. The second-order valence-electron chi connectivity index (χ2n) is 6.52. The van der Waals surface area contributed by atoms with Crippen molar-refractivity contribution < 1.29 is 13.2 Å². The lowest BCUT2D eigenvalue weighted by atomic mass is 10.0. The van der Waals surface area contributed by atoms with Crippen LogP contribution in [0.15, 0.2) is 42.1 Å². The molecule has 0 saturated carbocycles. The first-order valence-corrected chi connectivity index (χ1v) is 10.8. The summed E-state index contributed by atoms with van der Waals surface area (Å²) in [6, 6.07) is 7.80. The van der Waals surface area contributed by atoms with Gasteiger partial charge in [0.05, 0.1) is 33.8 Å². The third-order valence-corrected chi connectivity index (χ3v) is 7.09. The summed E-state index contributed by atoms with van der Waals surface area (Å²) in [6.07, 6.45) is 2.25. The van der Waals surface area contributed by atoms with Crippen molar-refractivity contribution in [1.29, 1.82) is 0 Å². The molecule has 1 aliphatic rings. The van der Waals surface area contributed by atoms with Gasteiger partial charge in [0.2, 0.25) is 5.91 Å². The first-order chi connectivity index (χ1) is 11.8. The summed E-state index contributed by atoms with van der Waals surface area (Å²) >= 11 is 1.35. The van der Waals surface area contributed by atoms with Gasteiger partial charge in [-0.2, -0.15) is 0 Å². The molecule has 134 valence electrons. The van der Waals surface area contributed by atoms with E-state index in [2.05, 4.69) is 16.9 Å². The Balaban J connectivity index is 1.69. The molecule has 1 aromatic heterocycles. The molecular formula is C17H21N3O3S2. The lowest BCUT2D eigenvalue weighted by Crippen LogP contribution is -2.47. The molecule has 1 aliphatic heterocycles. The van der Waals surface area contributed by atoms with Crippen LogP contribution in [0.2, 0.25) is 0 Å². The van der Waals surface area contributed by atoms with Crippen molar-refractivity contribution >= 4 is 38.5 Å². The van der Waals surface area contributed by atoms with Gasteiger partial charge in [-0.15, -0.1) is 6.58 Å². The molecular weight excluding hydrogens is 358 g/mol. The van der Waals surface area contributed by atoms with E-state index < -0.39 is 15.4 Å². The maximum atomic E-state index is 12.3. The number of nitrogens with zero attached hydrogens (tertiary/aromatic N) is 2. The van der Waals surface area contributed by atoms with Gasteiger partial charge in [-0.1, -0.05) is 30.0 Å². The molecule has 0 bridgehead atoms. The third kappa shape index (κ3) is 4.07. The third-order valence-electron chi connectivity index (χ3n) is 4.21. The Morgan fingerprint density at radius 1 is 1.48 bits per heavy atom. The largest absolute Gasteiger partial charge is 0.349 e. The van der Waals surface area contributed by atoms with Crippen LogP contribution < -0.4 is 5.32 Å². The number of fused-ring (bicyclic) bond motifs is 1. The van der Waals surface area contributed by atoms with Crippen LogP contribution in [-0.2, 0) is 21.2 Å². The zero-order chi connectivity index (χ0) is 18.1. The van der Waals surface area contributed by atoms with Crippen LogP contribution >= 0.6 is 11.8 Å². The molecule has 2 aromatic rings. The molecule has 8 heteroatoms. The fourth-order valence-corrected chi connectivity index (χ4v) is 6.00. The lowest BCUT2D eigenvalue weighted by molar-refractivity contribution is -0.120. The topological polar surface area (TPSA) is 81.1 Å². The average molecular weight is 380 g/mol. The number of amides is 1. The number of nitrogens with one attached hydrogen (secondary N) is 1. The Labute approximate surface area is 151 Å². The number of para-hydroxylation sites is 2. The number of hydrogen-bond donors (Lipinski definition) is 1. The number of carbonyl (C=O) groups excluding carboxylic acids is 1. The van der Waals surface area contributed by atoms with Gasteiger partial charge in [-0.25, -0.2) is 13.4 Å². The molecule has 1 fully saturated rings. The van der Waals surface area contributed by atoms with Crippen LogP contribution in [0.4, 0.5) is 0 Å². The summed E-state index contributed by atoms with van der Waals surface area (Å²) in [4.78, 5) is 16.9. The van der Waals surface area contributed by atoms with E-state index >= 15 is 0 Å². The minimum absolute atomic E-state index is 0.00534. The predicted octanol–water partition coefficient (Wildman–Crippen LogP) is 2.01. The van der Waals surface area contributed by atoms with Gasteiger partial charge in [-0.05, 0) is 25.5 Å². The van der Waals surface area contributed by atoms with Crippen molar-refractivity contribution in [3.05, 3.63) is 36.9 Å². The molecule has 6 nitrogen and oxygen atoms in total. The minimum atomic E-state index is -3.05. The van der Waals surface area contributed by atoms with Gasteiger partial charge < -0.3 is 9.88 Å². The van der Waals surface area contributed by atoms with Gasteiger partial charge in [0.25, 0.3) is 0 Å². The second-order valence-corrected chi connectivity index (χ2v) is 9.65. The summed E-state index contributed by atoms with van der Waals surface area (Å²) < 4.78 is 25.3. The van der Waals surface area contributed by atoms with Crippen LogP contribution in [0.1, 0.15) is 13.3 Å². The maximum Gasteiger partial charge on any atom is 0.230 e. The van der Waals surface area contributed by atoms with E-state index in [-0.39, 0.29) is 23.2 Å². The molecule has 0 unspecified atom stereocenters. The highest BCUT2D eigenvalue weighted by Crippen LogP contribution is 2.26. The van der Waals surface area contributed by atoms with Crippen LogP contribution in [0.5, 0.6) is 0 Å². The Bertz CT molecular complexity index is 920. The highest BCUT2D eigenvalue weighted by Gasteiger charge is 2.39. The van der Waals surface area contributed by atoms with E-state index in [1.807, 2.05) is 28.8 Å². The maximum absolute atomic E-state index is 12.3. The second kappa shape index (κ2) is 6.84. The van der Waals surface area contributed by atoms with E-state index in [4.69, 9.17) is 0 Å². The van der Waals surface area contributed by atoms with Gasteiger partial charge >= 0.3 is 0 Å². The SMILES string of the molecule is C=CCn1c(SCC(=O)N[C@]2(C)CCS(=O)(=O)C2)nc2ccccc21. The van der Waals surface area contributed by atoms with Crippen molar-refractivity contribution in [2.24, 2.45) is 0 Å². The molecule has 0 aliphatic carbocycles. The normalized spacial score (nSPS) is 22.1. The lowest BCUT2D eigenvalue weighted by Gasteiger charge is -2.23. The van der Waals surface area contributed by atoms with Gasteiger partial charge in [0.1, 0.15) is 0 Å². The summed E-state index contributed by atoms with van der Waals surface area (Å²) in [5, 5.41) is 3.62. The van der Waals surface area contributed by atoms with Gasteiger partial charge in [0.15, 0.2) is 15.0 Å². The zero-order valence-electron chi connectivity index (χ0n) is 14.1. The number of allylic oxidation sites excluding steroid dienone is 1. The Hall–Kier alpha value is -1.80. The number of benzene rings is 1. The number of hydrogen-bond acceptors (Lipinski definition) is 5. The quantitative estimate of drug-likeness (QED) is 0.613. The van der Waals surface area contributed by atoms with Crippen LogP contribution in [0, 0.1) is 0 Å². The summed E-state index contributed by atoms with van der Waals surface area (Å²) in [5.41, 5.74) is 1.21. The average Bonchev–Trinajstić information content (AvgIpc) is 3.03. The van der Waals surface area contributed by atoms with E-state index in [9.17, 15) is 13.2 Å². The van der Waals surface area contributed by atoms with Crippen molar-refractivity contribution in [1.82, 2.24) is 14.9 Å². The fourth-order valence-electron chi connectivity index (χ4n) is 3.08. The Morgan fingerprint density at radius 3 is 2.92 bits per heavy atom. The molecule has 3 rings (SSSR count). The van der Waals surface area contributed by atoms with Crippen molar-refractivity contribution in [2.45, 2.75) is 30.6 Å². The van der Waals surface area contributed by atoms with Gasteiger partial charge in [-0.3, -0.25) is 4.79 Å². The fraction of sp³-hybridized carbons (Fsp3) is 0.412. The molecule has 25 heavy (non-hydrogen) atoms. The Morgan fingerprint density at radius 2 is 2.24 bits per heavy atom. The van der Waals surface area contributed by atoms with Crippen molar-refractivity contribution in [2.75, 3.05) is 17.3 Å². The number of sulfone groups is 1. The standard InChI is InChI=1S/C17H21N3O3S2/c1-3-9-20-14-7-5-4-6-13(14)18-16(20)24-11-15(21)19-17(2)8-10-25(22,23)12-17/h3-7H,1,8-12H2,2H3,(H,19,21)/t17-/m1/s1. The molecule has 1 atom stereocenters. The van der Waals surface area contributed by atoms with Crippen LogP contribution in [0.3, 0.4) is 0 Å². The molecule has 0 radical (unpaired) electrons. The molecule has 2 heterocycles. The predicted molar refractivity (Wildman–Crippen MR) is 100 cm³/mol. The molecule has 1 N–H and O–H groups in total. The zero-order valence-corrected chi connectivity index (χ0v) is 15.7. The first-order valence-electron chi connectivity index (χ1n) is 8.02. The monoisotopic (exact) mass is 379 g/mol. The smallest absolute Gasteiger partial charge is 0.230 e. The highest BCUT2D eigenvalue weighted by atomic mass is 32.2.